The molecule has 18 heavy (non-hydrogen) atoms. The molecule has 1 heterocycles. The number of ether oxygens (including phenoxy) is 1. The second kappa shape index (κ2) is 5.23. The van der Waals surface area contributed by atoms with Crippen molar-refractivity contribution in [3.05, 3.63) is 40.5 Å². The molecule has 2 rings (SSSR count). The van der Waals surface area contributed by atoms with E-state index in [0.717, 1.165) is 12.3 Å². The summed E-state index contributed by atoms with van der Waals surface area (Å²) in [4.78, 5) is 7.22. The number of halogens is 3. The Hall–Kier alpha value is -1.80. The van der Waals surface area contributed by atoms with Crippen molar-refractivity contribution in [3.8, 4) is 11.6 Å². The molecule has 0 unspecified atom stereocenters. The van der Waals surface area contributed by atoms with Gasteiger partial charge < -0.3 is 4.74 Å². The largest absolute Gasteiger partial charge is 0.435 e. The number of anilines is 1. The lowest BCUT2D eigenvalue weighted by Crippen LogP contribution is -2.11. The van der Waals surface area contributed by atoms with Gasteiger partial charge in [-0.2, -0.15) is 9.37 Å². The maximum absolute atomic E-state index is 13.4. The molecular formula is C10H7BrF2N4O. The lowest BCUT2D eigenvalue weighted by Gasteiger charge is -2.08. The third kappa shape index (κ3) is 2.71. The molecule has 1 aromatic heterocycles. The van der Waals surface area contributed by atoms with Crippen LogP contribution in [0.4, 0.5) is 14.7 Å². The van der Waals surface area contributed by atoms with Gasteiger partial charge in [-0.1, -0.05) is 0 Å². The normalized spacial score (nSPS) is 10.2. The van der Waals surface area contributed by atoms with Gasteiger partial charge in [0.05, 0.1) is 10.7 Å². The Morgan fingerprint density at radius 2 is 2.11 bits per heavy atom. The van der Waals surface area contributed by atoms with Crippen LogP contribution in [0.2, 0.25) is 0 Å². The van der Waals surface area contributed by atoms with Crippen molar-refractivity contribution in [1.82, 2.24) is 9.97 Å². The van der Waals surface area contributed by atoms with Crippen LogP contribution < -0.4 is 16.0 Å². The number of nitrogens with zero attached hydrogens (tertiary/aromatic N) is 2. The van der Waals surface area contributed by atoms with E-state index in [9.17, 15) is 8.78 Å². The Morgan fingerprint density at radius 3 is 2.83 bits per heavy atom. The highest BCUT2D eigenvalue weighted by Gasteiger charge is 2.11. The zero-order chi connectivity index (χ0) is 13.1. The van der Waals surface area contributed by atoms with E-state index < -0.39 is 11.6 Å². The standard InChI is InChI=1S/C10H7BrF2N4O/c11-6-2-1-5(12)3-8(6)18-9-7(13)4-15-10(16-9)17-14/h1-4H,14H2,(H,15,16,17). The predicted molar refractivity (Wildman–Crippen MR) is 64.0 cm³/mol. The van der Waals surface area contributed by atoms with Gasteiger partial charge in [0.2, 0.25) is 11.8 Å². The van der Waals surface area contributed by atoms with Crippen LogP contribution in [0.1, 0.15) is 0 Å². The Kier molecular flexibility index (Phi) is 3.68. The fourth-order valence-corrected chi connectivity index (χ4v) is 1.48. The minimum atomic E-state index is -0.787. The zero-order valence-corrected chi connectivity index (χ0v) is 10.4. The van der Waals surface area contributed by atoms with E-state index >= 15 is 0 Å². The summed E-state index contributed by atoms with van der Waals surface area (Å²) in [6.07, 6.45) is 0.894. The summed E-state index contributed by atoms with van der Waals surface area (Å²) in [5.74, 6) is 3.51. The molecule has 0 saturated carbocycles. The molecule has 94 valence electrons. The molecule has 3 N–H and O–H groups in total. The van der Waals surface area contributed by atoms with E-state index in [-0.39, 0.29) is 17.6 Å². The Balaban J connectivity index is 2.36. The lowest BCUT2D eigenvalue weighted by atomic mass is 10.3. The molecule has 0 radical (unpaired) electrons. The lowest BCUT2D eigenvalue weighted by molar-refractivity contribution is 0.415. The number of nitrogens with one attached hydrogen (secondary N) is 1. The van der Waals surface area contributed by atoms with Crippen LogP contribution in [-0.2, 0) is 0 Å². The highest BCUT2D eigenvalue weighted by atomic mass is 79.9. The van der Waals surface area contributed by atoms with Gasteiger partial charge >= 0.3 is 0 Å². The van der Waals surface area contributed by atoms with Crippen LogP contribution in [0, 0.1) is 11.6 Å². The summed E-state index contributed by atoms with van der Waals surface area (Å²) >= 11 is 3.15. The minimum absolute atomic E-state index is 0.0149. The number of hydrazine groups is 1. The fraction of sp³-hybridized carbons (Fsp3) is 0. The Morgan fingerprint density at radius 1 is 1.33 bits per heavy atom. The second-order valence-corrected chi connectivity index (χ2v) is 4.02. The number of aromatic nitrogens is 2. The van der Waals surface area contributed by atoms with Gasteiger partial charge in [-0.05, 0) is 28.1 Å². The number of benzene rings is 1. The summed E-state index contributed by atoms with van der Waals surface area (Å²) in [7, 11) is 0. The molecule has 0 bridgehead atoms. The topological polar surface area (TPSA) is 73.1 Å². The number of nitrogen functional groups attached to an aromatic ring is 1. The molecule has 0 aliphatic carbocycles. The van der Waals surface area contributed by atoms with Crippen LogP contribution in [0.5, 0.6) is 11.6 Å². The van der Waals surface area contributed by atoms with Crippen LogP contribution in [0.25, 0.3) is 0 Å². The van der Waals surface area contributed by atoms with E-state index in [1.807, 2.05) is 0 Å². The van der Waals surface area contributed by atoms with Crippen LogP contribution in [0.3, 0.4) is 0 Å². The van der Waals surface area contributed by atoms with Crippen molar-refractivity contribution < 1.29 is 13.5 Å². The van der Waals surface area contributed by atoms with Gasteiger partial charge in [-0.15, -0.1) is 0 Å². The minimum Gasteiger partial charge on any atom is -0.435 e. The average molecular weight is 317 g/mol. The molecule has 8 heteroatoms. The van der Waals surface area contributed by atoms with Crippen LogP contribution in [-0.4, -0.2) is 9.97 Å². The van der Waals surface area contributed by atoms with Crippen molar-refractivity contribution in [2.24, 2.45) is 5.84 Å². The third-order valence-electron chi connectivity index (χ3n) is 1.94. The number of hydrogen-bond acceptors (Lipinski definition) is 5. The maximum atomic E-state index is 13.4. The molecule has 0 saturated heterocycles. The maximum Gasteiger partial charge on any atom is 0.260 e. The molecular weight excluding hydrogens is 310 g/mol. The molecule has 5 nitrogen and oxygen atoms in total. The Labute approximate surface area is 109 Å². The number of hydrogen-bond donors (Lipinski definition) is 2. The molecule has 0 aliphatic rings. The van der Waals surface area contributed by atoms with Crippen molar-refractivity contribution in [3.63, 3.8) is 0 Å². The monoisotopic (exact) mass is 316 g/mol. The van der Waals surface area contributed by atoms with E-state index in [2.05, 4.69) is 31.3 Å². The van der Waals surface area contributed by atoms with E-state index in [1.165, 1.54) is 12.1 Å². The highest BCUT2D eigenvalue weighted by Crippen LogP contribution is 2.30. The van der Waals surface area contributed by atoms with E-state index in [0.29, 0.717) is 4.47 Å². The number of nitrogens with two attached hydrogens (primary N) is 1. The van der Waals surface area contributed by atoms with Gasteiger partial charge in [0.1, 0.15) is 11.6 Å². The first-order chi connectivity index (χ1) is 8.60. The third-order valence-corrected chi connectivity index (χ3v) is 2.60. The molecule has 0 spiro atoms. The summed E-state index contributed by atoms with van der Waals surface area (Å²) in [5.41, 5.74) is 2.15. The molecule has 1 aromatic carbocycles. The van der Waals surface area contributed by atoms with Crippen LogP contribution in [0.15, 0.2) is 28.9 Å². The SMILES string of the molecule is NNc1ncc(F)c(Oc2cc(F)ccc2Br)n1. The fourth-order valence-electron chi connectivity index (χ4n) is 1.15. The summed E-state index contributed by atoms with van der Waals surface area (Å²) in [6, 6.07) is 3.77. The first kappa shape index (κ1) is 12.7. The predicted octanol–water partition coefficient (Wildman–Crippen LogP) is 2.60. The summed E-state index contributed by atoms with van der Waals surface area (Å²) in [5, 5.41) is 0. The second-order valence-electron chi connectivity index (χ2n) is 3.17. The van der Waals surface area contributed by atoms with Crippen molar-refractivity contribution in [2.45, 2.75) is 0 Å². The smallest absolute Gasteiger partial charge is 0.260 e. The van der Waals surface area contributed by atoms with Crippen molar-refractivity contribution in [2.75, 3.05) is 5.43 Å². The highest BCUT2D eigenvalue weighted by molar-refractivity contribution is 9.10. The van der Waals surface area contributed by atoms with Gasteiger partial charge in [0.15, 0.2) is 0 Å². The van der Waals surface area contributed by atoms with Gasteiger partial charge in [0, 0.05) is 6.07 Å². The summed E-state index contributed by atoms with van der Waals surface area (Å²) < 4.78 is 32.0. The molecule has 0 amide bonds. The van der Waals surface area contributed by atoms with Gasteiger partial charge in [0.25, 0.3) is 5.88 Å². The average Bonchev–Trinajstić information content (AvgIpc) is 2.36. The summed E-state index contributed by atoms with van der Waals surface area (Å²) in [6.45, 7) is 0. The number of rotatable bonds is 3. The first-order valence-corrected chi connectivity index (χ1v) is 5.51. The van der Waals surface area contributed by atoms with Gasteiger partial charge in [-0.3, -0.25) is 5.43 Å². The van der Waals surface area contributed by atoms with Crippen molar-refractivity contribution >= 4 is 21.9 Å². The molecule has 0 atom stereocenters. The molecule has 0 fully saturated rings. The molecule has 2 aromatic rings. The molecule has 0 aliphatic heterocycles. The quantitative estimate of drug-likeness (QED) is 0.672. The zero-order valence-electron chi connectivity index (χ0n) is 8.82. The van der Waals surface area contributed by atoms with Crippen LogP contribution >= 0.6 is 15.9 Å². The van der Waals surface area contributed by atoms with E-state index in [1.54, 1.807) is 0 Å². The Bertz CT molecular complexity index is 582. The van der Waals surface area contributed by atoms with Crippen molar-refractivity contribution in [1.29, 1.82) is 0 Å². The first-order valence-electron chi connectivity index (χ1n) is 4.72. The van der Waals surface area contributed by atoms with Gasteiger partial charge in [-0.25, -0.2) is 15.2 Å². The van der Waals surface area contributed by atoms with E-state index in [4.69, 9.17) is 10.6 Å².